The molecule has 74 valence electrons. The lowest BCUT2D eigenvalue weighted by atomic mass is 9.80. The molecular formula is C8H9BClNO3. The van der Waals surface area contributed by atoms with E-state index >= 15 is 0 Å². The van der Waals surface area contributed by atoms with E-state index in [9.17, 15) is 4.79 Å². The molecule has 0 aliphatic carbocycles. The normalized spacial score (nSPS) is 9.71. The zero-order valence-electron chi connectivity index (χ0n) is 7.49. The molecular weight excluding hydrogens is 204 g/mol. The summed E-state index contributed by atoms with van der Waals surface area (Å²) >= 11 is 5.78. The summed E-state index contributed by atoms with van der Waals surface area (Å²) in [4.78, 5) is 10.7. The van der Waals surface area contributed by atoms with Gasteiger partial charge in [-0.15, -0.1) is 0 Å². The van der Waals surface area contributed by atoms with Gasteiger partial charge in [-0.25, -0.2) is 0 Å². The number of hydrogen-bond donors (Lipinski definition) is 3. The van der Waals surface area contributed by atoms with Crippen molar-refractivity contribution in [3.05, 3.63) is 23.2 Å². The highest BCUT2D eigenvalue weighted by molar-refractivity contribution is 6.59. The fourth-order valence-electron chi connectivity index (χ4n) is 0.983. The summed E-state index contributed by atoms with van der Waals surface area (Å²) in [7, 11) is -1.56. The largest absolute Gasteiger partial charge is 0.488 e. The van der Waals surface area contributed by atoms with Gasteiger partial charge >= 0.3 is 7.12 Å². The second-order valence-corrected chi connectivity index (χ2v) is 3.20. The number of nitrogens with one attached hydrogen (secondary N) is 1. The van der Waals surface area contributed by atoms with E-state index in [0.717, 1.165) is 0 Å². The Morgan fingerprint density at radius 2 is 2.14 bits per heavy atom. The first kappa shape index (κ1) is 11.0. The van der Waals surface area contributed by atoms with Gasteiger partial charge in [0.25, 0.3) is 0 Å². The van der Waals surface area contributed by atoms with Crippen molar-refractivity contribution < 1.29 is 14.8 Å². The standard InChI is InChI=1S/C8H9BClNO3/c1-5(12)11-8-3-2-6(9(13)14)4-7(8)10/h2-4,13-14H,1H3,(H,11,12). The predicted molar refractivity (Wildman–Crippen MR) is 55.6 cm³/mol. The fraction of sp³-hybridized carbons (Fsp3) is 0.125. The van der Waals surface area contributed by atoms with E-state index in [1.165, 1.54) is 25.1 Å². The molecule has 0 radical (unpaired) electrons. The minimum atomic E-state index is -1.56. The summed E-state index contributed by atoms with van der Waals surface area (Å²) < 4.78 is 0. The number of carbonyl (C=O) groups is 1. The Hall–Kier alpha value is -1.04. The highest BCUT2D eigenvalue weighted by Gasteiger charge is 2.12. The molecule has 0 aromatic heterocycles. The van der Waals surface area contributed by atoms with Gasteiger partial charge in [0.2, 0.25) is 5.91 Å². The van der Waals surface area contributed by atoms with Crippen LogP contribution in [-0.2, 0) is 4.79 Å². The molecule has 1 rings (SSSR count). The first-order valence-electron chi connectivity index (χ1n) is 3.94. The van der Waals surface area contributed by atoms with Crippen molar-refractivity contribution in [3.8, 4) is 0 Å². The third kappa shape index (κ3) is 2.73. The van der Waals surface area contributed by atoms with Gasteiger partial charge in [-0.2, -0.15) is 0 Å². The minimum Gasteiger partial charge on any atom is -0.423 e. The van der Waals surface area contributed by atoms with Crippen molar-refractivity contribution in [1.29, 1.82) is 0 Å². The van der Waals surface area contributed by atoms with Gasteiger partial charge in [0.05, 0.1) is 10.7 Å². The summed E-state index contributed by atoms with van der Waals surface area (Å²) in [5.41, 5.74) is 0.729. The zero-order valence-corrected chi connectivity index (χ0v) is 8.25. The molecule has 1 aromatic carbocycles. The van der Waals surface area contributed by atoms with Gasteiger partial charge < -0.3 is 15.4 Å². The van der Waals surface area contributed by atoms with Crippen LogP contribution in [-0.4, -0.2) is 23.1 Å². The molecule has 0 heterocycles. The first-order chi connectivity index (χ1) is 6.50. The number of anilines is 1. The van der Waals surface area contributed by atoms with Crippen LogP contribution < -0.4 is 10.8 Å². The van der Waals surface area contributed by atoms with Crippen molar-refractivity contribution in [2.45, 2.75) is 6.92 Å². The van der Waals surface area contributed by atoms with Crippen molar-refractivity contribution >= 4 is 35.8 Å². The lowest BCUT2D eigenvalue weighted by Crippen LogP contribution is -2.29. The van der Waals surface area contributed by atoms with Crippen LogP contribution >= 0.6 is 11.6 Å². The quantitative estimate of drug-likeness (QED) is 0.605. The molecule has 0 aliphatic heterocycles. The molecule has 0 bridgehead atoms. The summed E-state index contributed by atoms with van der Waals surface area (Å²) in [5.74, 6) is -0.232. The number of hydrogen-bond acceptors (Lipinski definition) is 3. The molecule has 14 heavy (non-hydrogen) atoms. The average molecular weight is 213 g/mol. The molecule has 1 amide bonds. The van der Waals surface area contributed by atoms with Crippen LogP contribution in [0, 0.1) is 0 Å². The molecule has 1 aromatic rings. The lowest BCUT2D eigenvalue weighted by Gasteiger charge is -2.06. The van der Waals surface area contributed by atoms with Crippen molar-refractivity contribution in [1.82, 2.24) is 0 Å². The van der Waals surface area contributed by atoms with E-state index in [2.05, 4.69) is 5.32 Å². The molecule has 0 spiro atoms. The van der Waals surface area contributed by atoms with E-state index in [0.29, 0.717) is 5.69 Å². The van der Waals surface area contributed by atoms with Crippen molar-refractivity contribution in [2.24, 2.45) is 0 Å². The number of amides is 1. The molecule has 4 nitrogen and oxygen atoms in total. The van der Waals surface area contributed by atoms with Crippen molar-refractivity contribution in [2.75, 3.05) is 5.32 Å². The van der Waals surface area contributed by atoms with Gasteiger partial charge in [0.15, 0.2) is 0 Å². The average Bonchev–Trinajstić information content (AvgIpc) is 2.07. The van der Waals surface area contributed by atoms with Crippen LogP contribution in [0.3, 0.4) is 0 Å². The second kappa shape index (κ2) is 4.46. The van der Waals surface area contributed by atoms with Crippen LogP contribution in [0.25, 0.3) is 0 Å². The number of carbonyl (C=O) groups excluding carboxylic acids is 1. The van der Waals surface area contributed by atoms with Gasteiger partial charge in [0, 0.05) is 6.92 Å². The van der Waals surface area contributed by atoms with Gasteiger partial charge in [-0.1, -0.05) is 17.7 Å². The Morgan fingerprint density at radius 1 is 1.50 bits per heavy atom. The summed E-state index contributed by atoms with van der Waals surface area (Å²) in [6.45, 7) is 1.37. The zero-order chi connectivity index (χ0) is 10.7. The third-order valence-corrected chi connectivity index (χ3v) is 1.91. The maximum absolute atomic E-state index is 10.7. The number of benzene rings is 1. The minimum absolute atomic E-state index is 0.232. The smallest absolute Gasteiger partial charge is 0.423 e. The first-order valence-corrected chi connectivity index (χ1v) is 4.31. The predicted octanol–water partition coefficient (Wildman–Crippen LogP) is -0.0218. The number of halogens is 1. The summed E-state index contributed by atoms with van der Waals surface area (Å²) in [6.07, 6.45) is 0. The topological polar surface area (TPSA) is 69.6 Å². The van der Waals surface area contributed by atoms with E-state index in [4.69, 9.17) is 21.6 Å². The van der Waals surface area contributed by atoms with Crippen LogP contribution in [0.2, 0.25) is 5.02 Å². The monoisotopic (exact) mass is 213 g/mol. The van der Waals surface area contributed by atoms with Gasteiger partial charge in [-0.3, -0.25) is 4.79 Å². The van der Waals surface area contributed by atoms with Crippen LogP contribution in [0.15, 0.2) is 18.2 Å². The van der Waals surface area contributed by atoms with Gasteiger partial charge in [0.1, 0.15) is 0 Å². The third-order valence-electron chi connectivity index (χ3n) is 1.60. The van der Waals surface area contributed by atoms with E-state index in [1.807, 2.05) is 0 Å². The maximum Gasteiger partial charge on any atom is 0.488 e. The Morgan fingerprint density at radius 3 is 2.57 bits per heavy atom. The van der Waals surface area contributed by atoms with Crippen molar-refractivity contribution in [3.63, 3.8) is 0 Å². The second-order valence-electron chi connectivity index (χ2n) is 2.79. The molecule has 0 saturated carbocycles. The van der Waals surface area contributed by atoms with Crippen LogP contribution in [0.5, 0.6) is 0 Å². The van der Waals surface area contributed by atoms with Gasteiger partial charge in [-0.05, 0) is 17.6 Å². The van der Waals surface area contributed by atoms with E-state index in [1.54, 1.807) is 0 Å². The van der Waals surface area contributed by atoms with Crippen LogP contribution in [0.1, 0.15) is 6.92 Å². The lowest BCUT2D eigenvalue weighted by molar-refractivity contribution is -0.114. The molecule has 0 saturated heterocycles. The van der Waals surface area contributed by atoms with E-state index in [-0.39, 0.29) is 16.4 Å². The maximum atomic E-state index is 10.7. The summed E-state index contributed by atoms with van der Waals surface area (Å²) in [5, 5.41) is 20.4. The summed E-state index contributed by atoms with van der Waals surface area (Å²) in [6, 6.07) is 4.37. The highest BCUT2D eigenvalue weighted by atomic mass is 35.5. The molecule has 3 N–H and O–H groups in total. The molecule has 6 heteroatoms. The molecule has 0 atom stereocenters. The highest BCUT2D eigenvalue weighted by Crippen LogP contribution is 2.19. The fourth-order valence-corrected chi connectivity index (χ4v) is 1.22. The molecule has 0 unspecified atom stereocenters. The Balaban J connectivity index is 2.95. The number of rotatable bonds is 2. The van der Waals surface area contributed by atoms with Crippen LogP contribution in [0.4, 0.5) is 5.69 Å². The Bertz CT molecular complexity index is 356. The van der Waals surface area contributed by atoms with E-state index < -0.39 is 7.12 Å². The Kier molecular flexibility index (Phi) is 3.52. The molecule has 0 fully saturated rings. The Labute approximate surface area is 86.7 Å². The SMILES string of the molecule is CC(=O)Nc1ccc(B(O)O)cc1Cl. The molecule has 0 aliphatic rings.